The number of pyridine rings is 1. The van der Waals surface area contributed by atoms with Crippen LogP contribution in [0.15, 0.2) is 48.7 Å². The van der Waals surface area contributed by atoms with Gasteiger partial charge in [0.15, 0.2) is 0 Å². The Morgan fingerprint density at radius 2 is 2.15 bits per heavy atom. The average molecular weight is 355 g/mol. The van der Waals surface area contributed by atoms with E-state index < -0.39 is 0 Å². The van der Waals surface area contributed by atoms with Gasteiger partial charge in [-0.1, -0.05) is 6.07 Å². The monoisotopic (exact) mass is 355 g/mol. The first-order valence-electron chi connectivity index (χ1n) is 9.05. The summed E-state index contributed by atoms with van der Waals surface area (Å²) in [7, 11) is 0. The van der Waals surface area contributed by atoms with Crippen LogP contribution in [0.3, 0.4) is 0 Å². The van der Waals surface area contributed by atoms with Crippen molar-refractivity contribution in [1.82, 2.24) is 9.88 Å². The number of benzene rings is 1. The summed E-state index contributed by atoms with van der Waals surface area (Å²) in [5.41, 5.74) is 1.59. The van der Waals surface area contributed by atoms with Gasteiger partial charge < -0.3 is 19.7 Å². The summed E-state index contributed by atoms with van der Waals surface area (Å²) in [6.07, 6.45) is 3.85. The van der Waals surface area contributed by atoms with E-state index in [-0.39, 0.29) is 12.1 Å². The molecule has 138 valence electrons. The zero-order valence-corrected chi connectivity index (χ0v) is 15.1. The van der Waals surface area contributed by atoms with Crippen molar-refractivity contribution >= 4 is 11.7 Å². The van der Waals surface area contributed by atoms with Crippen LogP contribution in [-0.2, 0) is 11.3 Å². The second-order valence-electron chi connectivity index (χ2n) is 6.22. The van der Waals surface area contributed by atoms with Gasteiger partial charge in [0.1, 0.15) is 5.75 Å². The number of carbonyl (C=O) groups excluding carboxylic acids is 1. The highest BCUT2D eigenvalue weighted by atomic mass is 16.5. The molecule has 0 spiro atoms. The molecule has 1 aromatic heterocycles. The Morgan fingerprint density at radius 1 is 1.31 bits per heavy atom. The van der Waals surface area contributed by atoms with Crippen LogP contribution in [0.1, 0.15) is 25.5 Å². The Balaban J connectivity index is 1.66. The van der Waals surface area contributed by atoms with E-state index in [4.69, 9.17) is 9.47 Å². The fourth-order valence-corrected chi connectivity index (χ4v) is 2.94. The van der Waals surface area contributed by atoms with E-state index in [9.17, 15) is 4.79 Å². The number of urea groups is 1. The van der Waals surface area contributed by atoms with Gasteiger partial charge in [0.25, 0.3) is 0 Å². The zero-order valence-electron chi connectivity index (χ0n) is 15.1. The Morgan fingerprint density at radius 3 is 2.81 bits per heavy atom. The topological polar surface area (TPSA) is 63.7 Å². The lowest BCUT2D eigenvalue weighted by Gasteiger charge is -2.25. The summed E-state index contributed by atoms with van der Waals surface area (Å²) < 4.78 is 11.1. The van der Waals surface area contributed by atoms with Gasteiger partial charge in [-0.15, -0.1) is 0 Å². The van der Waals surface area contributed by atoms with E-state index in [1.54, 1.807) is 11.1 Å². The Kier molecular flexibility index (Phi) is 6.44. The molecule has 1 aromatic carbocycles. The lowest BCUT2D eigenvalue weighted by molar-refractivity contribution is 0.0816. The Labute approximate surface area is 154 Å². The zero-order chi connectivity index (χ0) is 18.2. The molecular formula is C20H25N3O3. The number of aromatic nitrogens is 1. The molecule has 1 aliphatic heterocycles. The van der Waals surface area contributed by atoms with E-state index >= 15 is 0 Å². The van der Waals surface area contributed by atoms with Gasteiger partial charge in [-0.2, -0.15) is 0 Å². The predicted molar refractivity (Wildman–Crippen MR) is 100 cm³/mol. The van der Waals surface area contributed by atoms with Gasteiger partial charge >= 0.3 is 6.03 Å². The number of ether oxygens (including phenoxy) is 2. The molecule has 1 saturated heterocycles. The van der Waals surface area contributed by atoms with Crippen LogP contribution < -0.4 is 10.1 Å². The lowest BCUT2D eigenvalue weighted by Crippen LogP contribution is -2.39. The highest BCUT2D eigenvalue weighted by Crippen LogP contribution is 2.18. The average Bonchev–Trinajstić information content (AvgIpc) is 3.17. The number of hydrogen-bond donors (Lipinski definition) is 1. The molecule has 0 radical (unpaired) electrons. The van der Waals surface area contributed by atoms with Crippen LogP contribution in [0.4, 0.5) is 10.5 Å². The van der Waals surface area contributed by atoms with Gasteiger partial charge in [-0.25, -0.2) is 4.79 Å². The van der Waals surface area contributed by atoms with Crippen molar-refractivity contribution in [2.75, 3.05) is 25.1 Å². The molecule has 0 unspecified atom stereocenters. The van der Waals surface area contributed by atoms with Gasteiger partial charge in [-0.3, -0.25) is 4.98 Å². The summed E-state index contributed by atoms with van der Waals surface area (Å²) in [4.78, 5) is 18.9. The van der Waals surface area contributed by atoms with Crippen LogP contribution in [0.2, 0.25) is 0 Å². The molecule has 6 heteroatoms. The second kappa shape index (κ2) is 9.20. The molecule has 6 nitrogen and oxygen atoms in total. The van der Waals surface area contributed by atoms with Gasteiger partial charge in [0.05, 0.1) is 24.9 Å². The summed E-state index contributed by atoms with van der Waals surface area (Å²) in [6, 6.07) is 12.9. The first kappa shape index (κ1) is 18.2. The SMILES string of the molecule is CCOc1ccc(NC(=O)N(Cc2ccccn2)C[C@@H]2CCCO2)cc1. The molecular weight excluding hydrogens is 330 g/mol. The van der Waals surface area contributed by atoms with Crippen LogP contribution in [0.25, 0.3) is 0 Å². The lowest BCUT2D eigenvalue weighted by atomic mass is 10.2. The maximum Gasteiger partial charge on any atom is 0.322 e. The minimum atomic E-state index is -0.157. The van der Waals surface area contributed by atoms with Crippen molar-refractivity contribution in [2.45, 2.75) is 32.4 Å². The molecule has 1 atom stereocenters. The molecule has 2 aromatic rings. The Hall–Kier alpha value is -2.60. The van der Waals surface area contributed by atoms with Crippen LogP contribution >= 0.6 is 0 Å². The first-order valence-corrected chi connectivity index (χ1v) is 9.05. The molecule has 26 heavy (non-hydrogen) atoms. The summed E-state index contributed by atoms with van der Waals surface area (Å²) in [5.74, 6) is 0.787. The van der Waals surface area contributed by atoms with E-state index in [2.05, 4.69) is 10.3 Å². The highest BCUT2D eigenvalue weighted by molar-refractivity contribution is 5.89. The van der Waals surface area contributed by atoms with Crippen LogP contribution in [-0.4, -0.2) is 41.8 Å². The number of rotatable bonds is 7. The minimum absolute atomic E-state index is 0.0878. The number of amides is 2. The van der Waals surface area contributed by atoms with Crippen LogP contribution in [0, 0.1) is 0 Å². The standard InChI is InChI=1S/C20H25N3O3/c1-2-25-18-10-8-16(9-11-18)22-20(24)23(15-19-7-5-13-26-19)14-17-6-3-4-12-21-17/h3-4,6,8-12,19H,2,5,7,13-15H2,1H3,(H,22,24)/t19-/m0/s1. The Bertz CT molecular complexity index is 685. The van der Waals surface area contributed by atoms with E-state index in [1.807, 2.05) is 49.4 Å². The van der Waals surface area contributed by atoms with E-state index in [1.165, 1.54) is 0 Å². The molecule has 0 saturated carbocycles. The molecule has 0 bridgehead atoms. The number of hydrogen-bond acceptors (Lipinski definition) is 4. The molecule has 2 amide bonds. The maximum atomic E-state index is 12.8. The van der Waals surface area contributed by atoms with Gasteiger partial charge in [-0.05, 0) is 56.2 Å². The van der Waals surface area contributed by atoms with Crippen molar-refractivity contribution < 1.29 is 14.3 Å². The molecule has 3 rings (SSSR count). The number of carbonyl (C=O) groups is 1. The molecule has 2 heterocycles. The van der Waals surface area contributed by atoms with Crippen LogP contribution in [0.5, 0.6) is 5.75 Å². The summed E-state index contributed by atoms with van der Waals surface area (Å²) in [6.45, 7) is 4.33. The van der Waals surface area contributed by atoms with Gasteiger partial charge in [0, 0.05) is 25.0 Å². The van der Waals surface area contributed by atoms with Gasteiger partial charge in [0.2, 0.25) is 0 Å². The molecule has 1 aliphatic rings. The third-order valence-electron chi connectivity index (χ3n) is 4.23. The third kappa shape index (κ3) is 5.20. The van der Waals surface area contributed by atoms with Crippen molar-refractivity contribution in [2.24, 2.45) is 0 Å². The molecule has 1 N–H and O–H groups in total. The third-order valence-corrected chi connectivity index (χ3v) is 4.23. The summed E-state index contributed by atoms with van der Waals surface area (Å²) in [5, 5.41) is 2.95. The molecule has 1 fully saturated rings. The number of nitrogens with one attached hydrogen (secondary N) is 1. The van der Waals surface area contributed by atoms with Crippen molar-refractivity contribution in [3.8, 4) is 5.75 Å². The van der Waals surface area contributed by atoms with Crippen molar-refractivity contribution in [3.05, 3.63) is 54.4 Å². The number of nitrogens with zero attached hydrogens (tertiary/aromatic N) is 2. The van der Waals surface area contributed by atoms with E-state index in [0.717, 1.165) is 36.6 Å². The minimum Gasteiger partial charge on any atom is -0.494 e. The summed E-state index contributed by atoms with van der Waals surface area (Å²) >= 11 is 0. The smallest absolute Gasteiger partial charge is 0.322 e. The fraction of sp³-hybridized carbons (Fsp3) is 0.400. The molecule has 0 aliphatic carbocycles. The highest BCUT2D eigenvalue weighted by Gasteiger charge is 2.23. The maximum absolute atomic E-state index is 12.8. The first-order chi connectivity index (χ1) is 12.7. The largest absolute Gasteiger partial charge is 0.494 e. The quantitative estimate of drug-likeness (QED) is 0.823. The van der Waals surface area contributed by atoms with Crippen molar-refractivity contribution in [1.29, 1.82) is 0 Å². The number of anilines is 1. The fourth-order valence-electron chi connectivity index (χ4n) is 2.94. The van der Waals surface area contributed by atoms with Crippen molar-refractivity contribution in [3.63, 3.8) is 0 Å². The van der Waals surface area contributed by atoms with E-state index in [0.29, 0.717) is 19.7 Å². The normalized spacial score (nSPS) is 16.3. The predicted octanol–water partition coefficient (Wildman–Crippen LogP) is 3.69. The second-order valence-corrected chi connectivity index (χ2v) is 6.22.